The highest BCUT2D eigenvalue weighted by molar-refractivity contribution is 7.10. The molecule has 19 heavy (non-hydrogen) atoms. The number of rotatable bonds is 3. The average Bonchev–Trinajstić information content (AvgIpc) is 2.75. The quantitative estimate of drug-likeness (QED) is 0.889. The van der Waals surface area contributed by atoms with Crippen molar-refractivity contribution in [2.45, 2.75) is 25.6 Å². The first-order chi connectivity index (χ1) is 8.88. The van der Waals surface area contributed by atoms with Gasteiger partial charge in [-0.3, -0.25) is 0 Å². The van der Waals surface area contributed by atoms with Crippen molar-refractivity contribution in [1.82, 2.24) is 0 Å². The molecule has 5 heteroatoms. The van der Waals surface area contributed by atoms with Crippen molar-refractivity contribution in [3.63, 3.8) is 0 Å². The molecule has 2 aromatic rings. The number of halogens is 3. The molecule has 2 rings (SSSR count). The molecule has 1 atom stereocenters. The second-order valence-corrected chi connectivity index (χ2v) is 5.33. The molecule has 0 radical (unpaired) electrons. The van der Waals surface area contributed by atoms with E-state index in [0.717, 1.165) is 22.6 Å². The van der Waals surface area contributed by atoms with Crippen molar-refractivity contribution in [3.8, 4) is 0 Å². The summed E-state index contributed by atoms with van der Waals surface area (Å²) in [6.07, 6.45) is -4.67. The summed E-state index contributed by atoms with van der Waals surface area (Å²) in [4.78, 5) is 0.861. The van der Waals surface area contributed by atoms with Gasteiger partial charge in [-0.15, -0.1) is 11.3 Å². The molecule has 0 aliphatic rings. The van der Waals surface area contributed by atoms with E-state index in [-0.39, 0.29) is 0 Å². The fourth-order valence-electron chi connectivity index (χ4n) is 1.87. The fraction of sp³-hybridized carbons (Fsp3) is 0.286. The van der Waals surface area contributed by atoms with E-state index < -0.39 is 17.8 Å². The van der Waals surface area contributed by atoms with Crippen LogP contribution in [0.25, 0.3) is 0 Å². The van der Waals surface area contributed by atoms with Gasteiger partial charge in [0, 0.05) is 11.3 Å². The maximum Gasteiger partial charge on any atom is 0.416 e. The monoisotopic (exact) mass is 286 g/mol. The molecule has 0 bridgehead atoms. The van der Waals surface area contributed by atoms with E-state index in [0.29, 0.717) is 12.0 Å². The maximum atomic E-state index is 12.4. The molecule has 0 fully saturated rings. The van der Waals surface area contributed by atoms with E-state index >= 15 is 0 Å². The first-order valence-corrected chi connectivity index (χ1v) is 6.64. The van der Waals surface area contributed by atoms with Gasteiger partial charge in [0.1, 0.15) is 0 Å². The van der Waals surface area contributed by atoms with E-state index in [1.165, 1.54) is 23.5 Å². The molecular weight excluding hydrogens is 273 g/mol. The Morgan fingerprint density at radius 1 is 1.16 bits per heavy atom. The molecule has 1 nitrogen and oxygen atoms in total. The van der Waals surface area contributed by atoms with Crippen molar-refractivity contribution >= 4 is 11.3 Å². The Hall–Kier alpha value is -1.33. The zero-order valence-electron chi connectivity index (χ0n) is 10.2. The second-order valence-electron chi connectivity index (χ2n) is 4.38. The SMILES string of the molecule is Cc1ccsc1C(O)Cc1ccc(C(F)(F)F)cc1. The highest BCUT2D eigenvalue weighted by Crippen LogP contribution is 2.30. The van der Waals surface area contributed by atoms with E-state index in [1.807, 2.05) is 18.4 Å². The van der Waals surface area contributed by atoms with Crippen LogP contribution in [0.5, 0.6) is 0 Å². The molecule has 0 spiro atoms. The zero-order chi connectivity index (χ0) is 14.0. The minimum Gasteiger partial charge on any atom is -0.387 e. The summed E-state index contributed by atoms with van der Waals surface area (Å²) in [5, 5.41) is 12.0. The number of thiophene rings is 1. The van der Waals surface area contributed by atoms with Crippen LogP contribution in [0.3, 0.4) is 0 Å². The first kappa shape index (κ1) is 14.1. The van der Waals surface area contributed by atoms with Gasteiger partial charge in [0.25, 0.3) is 0 Å². The lowest BCUT2D eigenvalue weighted by Crippen LogP contribution is -2.05. The van der Waals surface area contributed by atoms with Crippen LogP contribution in [0.2, 0.25) is 0 Å². The Balaban J connectivity index is 2.10. The number of hydrogen-bond donors (Lipinski definition) is 1. The number of aliphatic hydroxyl groups excluding tert-OH is 1. The Kier molecular flexibility index (Phi) is 3.96. The summed E-state index contributed by atoms with van der Waals surface area (Å²) in [5.41, 5.74) is 1.02. The number of hydrogen-bond acceptors (Lipinski definition) is 2. The van der Waals surface area contributed by atoms with Crippen LogP contribution in [-0.4, -0.2) is 5.11 Å². The zero-order valence-corrected chi connectivity index (χ0v) is 11.1. The van der Waals surface area contributed by atoms with Gasteiger partial charge >= 0.3 is 6.18 Å². The van der Waals surface area contributed by atoms with Crippen molar-refractivity contribution in [2.75, 3.05) is 0 Å². The smallest absolute Gasteiger partial charge is 0.387 e. The summed E-state index contributed by atoms with van der Waals surface area (Å²) in [6, 6.07) is 6.83. The molecule has 0 saturated carbocycles. The van der Waals surface area contributed by atoms with Crippen LogP contribution in [-0.2, 0) is 12.6 Å². The van der Waals surface area contributed by atoms with Gasteiger partial charge in [0.2, 0.25) is 0 Å². The van der Waals surface area contributed by atoms with Crippen molar-refractivity contribution in [1.29, 1.82) is 0 Å². The van der Waals surface area contributed by atoms with Crippen LogP contribution in [0.1, 0.15) is 27.7 Å². The number of alkyl halides is 3. The predicted octanol–water partition coefficient (Wildman–Crippen LogP) is 4.35. The Morgan fingerprint density at radius 2 is 1.79 bits per heavy atom. The van der Waals surface area contributed by atoms with Crippen molar-refractivity contribution < 1.29 is 18.3 Å². The predicted molar refractivity (Wildman–Crippen MR) is 69.2 cm³/mol. The van der Waals surface area contributed by atoms with E-state index in [1.54, 1.807) is 0 Å². The van der Waals surface area contributed by atoms with E-state index in [2.05, 4.69) is 0 Å². The third kappa shape index (κ3) is 3.36. The highest BCUT2D eigenvalue weighted by Gasteiger charge is 2.30. The molecule has 1 heterocycles. The minimum absolute atomic E-state index is 0.319. The molecule has 102 valence electrons. The molecule has 0 amide bonds. The fourth-order valence-corrected chi connectivity index (χ4v) is 2.78. The largest absolute Gasteiger partial charge is 0.416 e. The van der Waals surface area contributed by atoms with E-state index in [9.17, 15) is 18.3 Å². The number of aliphatic hydroxyl groups is 1. The third-order valence-corrected chi connectivity index (χ3v) is 4.03. The van der Waals surface area contributed by atoms with Crippen LogP contribution < -0.4 is 0 Å². The summed E-state index contributed by atoms with van der Waals surface area (Å²) in [7, 11) is 0. The molecule has 0 aliphatic carbocycles. The second kappa shape index (κ2) is 5.35. The van der Waals surface area contributed by atoms with Gasteiger partial charge in [0.15, 0.2) is 0 Å². The van der Waals surface area contributed by atoms with Gasteiger partial charge in [-0.25, -0.2) is 0 Å². The van der Waals surface area contributed by atoms with Gasteiger partial charge in [-0.05, 0) is 41.6 Å². The highest BCUT2D eigenvalue weighted by atomic mass is 32.1. The Morgan fingerprint density at radius 3 is 2.26 bits per heavy atom. The number of benzene rings is 1. The molecule has 1 aromatic heterocycles. The minimum atomic E-state index is -4.32. The molecule has 0 saturated heterocycles. The molecular formula is C14H13F3OS. The van der Waals surface area contributed by atoms with Crippen molar-refractivity contribution in [2.24, 2.45) is 0 Å². The van der Waals surface area contributed by atoms with Gasteiger partial charge in [-0.1, -0.05) is 12.1 Å². The summed E-state index contributed by atoms with van der Waals surface area (Å²) in [6.45, 7) is 1.90. The summed E-state index contributed by atoms with van der Waals surface area (Å²) in [5.74, 6) is 0. The van der Waals surface area contributed by atoms with Gasteiger partial charge < -0.3 is 5.11 Å². The lowest BCUT2D eigenvalue weighted by atomic mass is 10.0. The lowest BCUT2D eigenvalue weighted by Gasteiger charge is -2.11. The normalized spacial score (nSPS) is 13.5. The lowest BCUT2D eigenvalue weighted by molar-refractivity contribution is -0.137. The third-order valence-electron chi connectivity index (χ3n) is 2.91. The molecule has 1 N–H and O–H groups in total. The topological polar surface area (TPSA) is 20.2 Å². The summed E-state index contributed by atoms with van der Waals surface area (Å²) < 4.78 is 37.2. The van der Waals surface area contributed by atoms with Gasteiger partial charge in [-0.2, -0.15) is 13.2 Å². The number of aryl methyl sites for hydroxylation is 1. The molecule has 0 aliphatic heterocycles. The maximum absolute atomic E-state index is 12.4. The van der Waals surface area contributed by atoms with Crippen molar-refractivity contribution in [3.05, 3.63) is 57.3 Å². The summed E-state index contributed by atoms with van der Waals surface area (Å²) >= 11 is 1.45. The molecule has 1 aromatic carbocycles. The van der Waals surface area contributed by atoms with E-state index in [4.69, 9.17) is 0 Å². The Bertz CT molecular complexity index is 543. The van der Waals surface area contributed by atoms with Crippen LogP contribution in [0.4, 0.5) is 13.2 Å². The average molecular weight is 286 g/mol. The molecule has 1 unspecified atom stereocenters. The first-order valence-electron chi connectivity index (χ1n) is 5.76. The van der Waals surface area contributed by atoms with Crippen LogP contribution >= 0.6 is 11.3 Å². The Labute approximate surface area is 113 Å². The standard InChI is InChI=1S/C14H13F3OS/c1-9-6-7-19-13(9)12(18)8-10-2-4-11(5-3-10)14(15,16)17/h2-7,12,18H,8H2,1H3. The van der Waals surface area contributed by atoms with Crippen LogP contribution in [0, 0.1) is 6.92 Å². The van der Waals surface area contributed by atoms with Gasteiger partial charge in [0.05, 0.1) is 11.7 Å². The van der Waals surface area contributed by atoms with Crippen LogP contribution in [0.15, 0.2) is 35.7 Å².